The molecule has 7 N–H and O–H groups in total. The number of carbonyl (C=O) groups is 1. The number of rotatable bonds is 9. The van der Waals surface area contributed by atoms with Crippen LogP contribution < -0.4 is 5.32 Å². The smallest absolute Gasteiger partial charge is 0.387 e. The molecule has 2 heterocycles. The topological polar surface area (TPSA) is 234 Å². The molecule has 0 aromatic carbocycles. The van der Waals surface area contributed by atoms with E-state index in [0.29, 0.717) is 0 Å². The molecule has 0 aliphatic carbocycles. The minimum absolute atomic E-state index is 0.819. The zero-order chi connectivity index (χ0) is 22.0. The van der Waals surface area contributed by atoms with Crippen molar-refractivity contribution in [1.29, 1.82) is 0 Å². The molecule has 0 bridgehead atoms. The molecule has 0 aromatic heterocycles. The van der Waals surface area contributed by atoms with Gasteiger partial charge in [-0.25, -0.2) is 18.2 Å². The maximum atomic E-state index is 11.8. The fraction of sp³-hybridized carbons (Fsp3) is 0.700. The van der Waals surface area contributed by atoms with Gasteiger partial charge in [0.25, 0.3) is 0 Å². The second-order valence-electron chi connectivity index (χ2n) is 5.51. The molecule has 1 fully saturated rings. The van der Waals surface area contributed by atoms with Crippen molar-refractivity contribution >= 4 is 30.3 Å². The highest BCUT2D eigenvalue weighted by Crippen LogP contribution is 2.65. The van der Waals surface area contributed by atoms with Gasteiger partial charge in [-0.2, -0.15) is 4.31 Å². The zero-order valence-electron chi connectivity index (χ0n) is 14.5. The van der Waals surface area contributed by atoms with E-state index in [9.17, 15) is 39.0 Å². The Labute approximate surface area is 164 Å². The largest absolute Gasteiger partial charge is 0.487 e. The van der Waals surface area contributed by atoms with Crippen molar-refractivity contribution in [3.63, 3.8) is 0 Å². The van der Waals surface area contributed by atoms with E-state index in [4.69, 9.17) is 9.63 Å². The summed E-state index contributed by atoms with van der Waals surface area (Å²) in [5, 5.41) is 31.4. The first-order chi connectivity index (χ1) is 13.3. The number of aliphatic hydroxyl groups is 3. The van der Waals surface area contributed by atoms with E-state index in [1.54, 1.807) is 0 Å². The van der Waals surface area contributed by atoms with Crippen molar-refractivity contribution < 1.29 is 66.3 Å². The quantitative estimate of drug-likeness (QED) is 0.183. The average molecular weight is 484 g/mol. The molecular formula is C10H19N2O14P3. The minimum atomic E-state index is -5.26. The normalized spacial score (nSPS) is 35.1. The van der Waals surface area contributed by atoms with Gasteiger partial charge in [0.2, 0.25) is 0 Å². The standard InChI is InChI=1S/C10H19N2O14P3/c1-22-27(17)25-29(20,21)26-28(18,19)23-4-5-7(14)8(15)9(24-5)12-3-2-6(13)11-10(12)16/h2-3,5-9,13-15,17H,4H2,1H3,(H,11,16)(H,18,19)(H,20,21)/t5-,6?,7?,8?,9-,27?/m1/s1. The van der Waals surface area contributed by atoms with Crippen molar-refractivity contribution in [2.75, 3.05) is 13.7 Å². The molecule has 6 unspecified atom stereocenters. The van der Waals surface area contributed by atoms with Gasteiger partial charge in [0.15, 0.2) is 6.23 Å². The molecule has 168 valence electrons. The summed E-state index contributed by atoms with van der Waals surface area (Å²) < 4.78 is 45.1. The Bertz CT molecular complexity index is 722. The van der Waals surface area contributed by atoms with E-state index in [0.717, 1.165) is 24.3 Å². The maximum absolute atomic E-state index is 11.8. The number of phosphoric ester groups is 1. The van der Waals surface area contributed by atoms with Gasteiger partial charge in [-0.15, -0.1) is 0 Å². The molecular weight excluding hydrogens is 465 g/mol. The highest BCUT2D eigenvalue weighted by molar-refractivity contribution is 7.65. The van der Waals surface area contributed by atoms with Crippen molar-refractivity contribution in [2.24, 2.45) is 0 Å². The Morgan fingerprint density at radius 2 is 1.90 bits per heavy atom. The fourth-order valence-corrected chi connectivity index (χ4v) is 5.17. The van der Waals surface area contributed by atoms with Crippen LogP contribution in [0.15, 0.2) is 12.3 Å². The Morgan fingerprint density at radius 1 is 1.24 bits per heavy atom. The summed E-state index contributed by atoms with van der Waals surface area (Å²) in [6, 6.07) is -0.856. The molecule has 2 amide bonds. The third kappa shape index (κ3) is 6.72. The Balaban J connectivity index is 1.96. The van der Waals surface area contributed by atoms with Crippen LogP contribution in [0.3, 0.4) is 0 Å². The van der Waals surface area contributed by atoms with Gasteiger partial charge in [0.1, 0.15) is 24.5 Å². The lowest BCUT2D eigenvalue weighted by molar-refractivity contribution is -0.0670. The molecule has 8 atom stereocenters. The van der Waals surface area contributed by atoms with E-state index in [1.807, 2.05) is 0 Å². The second-order valence-corrected chi connectivity index (χ2v) is 9.79. The molecule has 29 heavy (non-hydrogen) atoms. The van der Waals surface area contributed by atoms with Crippen molar-refractivity contribution in [1.82, 2.24) is 10.2 Å². The number of phosphoric acid groups is 2. The summed E-state index contributed by atoms with van der Waals surface area (Å²) in [6.07, 6.45) is -5.26. The number of aliphatic hydroxyl groups excluding tert-OH is 3. The number of hydrogen-bond donors (Lipinski definition) is 7. The lowest BCUT2D eigenvalue weighted by Crippen LogP contribution is -2.53. The van der Waals surface area contributed by atoms with Gasteiger partial charge in [-0.05, 0) is 6.08 Å². The van der Waals surface area contributed by atoms with E-state index in [2.05, 4.69) is 23.0 Å². The third-order valence-electron chi connectivity index (χ3n) is 3.48. The summed E-state index contributed by atoms with van der Waals surface area (Å²) in [7, 11) is -12.4. The van der Waals surface area contributed by atoms with Gasteiger partial charge in [0, 0.05) is 13.3 Å². The summed E-state index contributed by atoms with van der Waals surface area (Å²) in [5.74, 6) is 0. The lowest BCUT2D eigenvalue weighted by atomic mass is 10.1. The molecule has 2 aliphatic rings. The van der Waals surface area contributed by atoms with Gasteiger partial charge in [0.05, 0.1) is 6.61 Å². The number of ether oxygens (including phenoxy) is 1. The van der Waals surface area contributed by atoms with Crippen LogP contribution in [0.25, 0.3) is 0 Å². The maximum Gasteiger partial charge on any atom is 0.487 e. The van der Waals surface area contributed by atoms with Crippen LogP contribution in [0.1, 0.15) is 0 Å². The van der Waals surface area contributed by atoms with Crippen LogP contribution in [0.5, 0.6) is 0 Å². The molecule has 2 aliphatic heterocycles. The first kappa shape index (κ1) is 24.7. The summed E-state index contributed by atoms with van der Waals surface area (Å²) in [6.45, 7) is -0.914. The number of urea groups is 1. The van der Waals surface area contributed by atoms with Crippen LogP contribution in [0.2, 0.25) is 0 Å². The lowest BCUT2D eigenvalue weighted by Gasteiger charge is -2.31. The third-order valence-corrected chi connectivity index (χ3v) is 7.31. The van der Waals surface area contributed by atoms with Gasteiger partial charge < -0.3 is 44.6 Å². The molecule has 0 spiro atoms. The molecule has 1 saturated heterocycles. The number of nitrogens with one attached hydrogen (secondary N) is 1. The van der Waals surface area contributed by atoms with Crippen molar-refractivity contribution in [3.05, 3.63) is 12.3 Å². The van der Waals surface area contributed by atoms with Crippen LogP contribution in [0.4, 0.5) is 4.79 Å². The van der Waals surface area contributed by atoms with E-state index < -0.39 is 67.7 Å². The highest BCUT2D eigenvalue weighted by atomic mass is 31.3. The highest BCUT2D eigenvalue weighted by Gasteiger charge is 2.48. The van der Waals surface area contributed by atoms with Gasteiger partial charge >= 0.3 is 30.3 Å². The predicted molar refractivity (Wildman–Crippen MR) is 90.1 cm³/mol. The SMILES string of the molecule is COP(O)OP(=O)(O)OP(=O)(O)OC[C@H]1O[C@@H](N2C=CC(O)NC2=O)C(O)C1O. The van der Waals surface area contributed by atoms with E-state index in [-0.39, 0.29) is 0 Å². The summed E-state index contributed by atoms with van der Waals surface area (Å²) in [4.78, 5) is 40.4. The molecule has 0 aromatic rings. The monoisotopic (exact) mass is 484 g/mol. The van der Waals surface area contributed by atoms with Crippen LogP contribution in [0, 0.1) is 0 Å². The van der Waals surface area contributed by atoms with Crippen molar-refractivity contribution in [3.8, 4) is 0 Å². The number of amides is 2. The van der Waals surface area contributed by atoms with Gasteiger partial charge in [-0.1, -0.05) is 0 Å². The Morgan fingerprint density at radius 3 is 2.48 bits per heavy atom. The van der Waals surface area contributed by atoms with Gasteiger partial charge in [-0.3, -0.25) is 9.42 Å². The first-order valence-electron chi connectivity index (χ1n) is 7.56. The summed E-state index contributed by atoms with van der Waals surface area (Å²) in [5.41, 5.74) is 0. The molecule has 16 nitrogen and oxygen atoms in total. The van der Waals surface area contributed by atoms with Crippen LogP contribution in [-0.4, -0.2) is 85.4 Å². The molecule has 0 radical (unpaired) electrons. The van der Waals surface area contributed by atoms with Crippen LogP contribution in [-0.2, 0) is 31.5 Å². The molecule has 2 rings (SSSR count). The van der Waals surface area contributed by atoms with Crippen LogP contribution >= 0.6 is 24.2 Å². The number of carbonyl (C=O) groups excluding carboxylic acids is 1. The number of hydrogen-bond acceptors (Lipinski definition) is 12. The molecule has 19 heteroatoms. The Kier molecular flexibility index (Phi) is 8.29. The van der Waals surface area contributed by atoms with Crippen molar-refractivity contribution in [2.45, 2.75) is 30.8 Å². The number of nitrogens with zero attached hydrogens (tertiary/aromatic N) is 1. The second kappa shape index (κ2) is 9.73. The molecule has 0 saturated carbocycles. The predicted octanol–water partition coefficient (Wildman–Crippen LogP) is -1.59. The minimum Gasteiger partial charge on any atom is -0.387 e. The first-order valence-corrected chi connectivity index (χ1v) is 11.7. The average Bonchev–Trinajstić information content (AvgIpc) is 2.87. The zero-order valence-corrected chi connectivity index (χ0v) is 17.2. The summed E-state index contributed by atoms with van der Waals surface area (Å²) >= 11 is 0. The van der Waals surface area contributed by atoms with E-state index >= 15 is 0 Å². The fourth-order valence-electron chi connectivity index (χ4n) is 2.25. The van der Waals surface area contributed by atoms with E-state index in [1.165, 1.54) is 0 Å². The Hall–Kier alpha value is -0.540.